The number of para-hydroxylation sites is 8. The van der Waals surface area contributed by atoms with Gasteiger partial charge in [0.15, 0.2) is 25.2 Å². The number of hydrogen-bond donors (Lipinski definition) is 0. The summed E-state index contributed by atoms with van der Waals surface area (Å²) in [4.78, 5) is 3.39. The summed E-state index contributed by atoms with van der Waals surface area (Å²) in [6.07, 6.45) is 1.26. The topological polar surface area (TPSA) is 185 Å². The van der Waals surface area contributed by atoms with Crippen molar-refractivity contribution < 1.29 is 92.2 Å². The van der Waals surface area contributed by atoms with E-state index in [-0.39, 0.29) is 21.7 Å². The number of ether oxygens (including phenoxy) is 8. The van der Waals surface area contributed by atoms with Crippen LogP contribution in [0.2, 0.25) is 0 Å². The van der Waals surface area contributed by atoms with E-state index >= 15 is 0 Å². The van der Waals surface area contributed by atoms with Crippen molar-refractivity contribution in [3.05, 3.63) is 334 Å². The second kappa shape index (κ2) is 46.0. The Morgan fingerprint density at radius 2 is 0.388 bits per heavy atom. The van der Waals surface area contributed by atoms with Gasteiger partial charge in [-0.1, -0.05) is 276 Å². The maximum Gasteiger partial charge on any atom is 0.530 e. The van der Waals surface area contributed by atoms with Crippen LogP contribution < -0.4 is 54.3 Å². The molecule has 704 valence electrons. The molecule has 4 fully saturated rings. The Morgan fingerprint density at radius 1 is 0.224 bits per heavy atom. The monoisotopic (exact) mass is 1920 g/mol. The molecular formula is C108H120O20P4S2. The van der Waals surface area contributed by atoms with Crippen LogP contribution in [0, 0.1) is 27.7 Å². The van der Waals surface area contributed by atoms with Crippen molar-refractivity contribution in [1.82, 2.24) is 0 Å². The van der Waals surface area contributed by atoms with Gasteiger partial charge in [-0.2, -0.15) is 0 Å². The molecule has 12 aromatic carbocycles. The average Bonchev–Trinajstić information content (AvgIpc) is 0.960. The van der Waals surface area contributed by atoms with Crippen molar-refractivity contribution in [2.75, 3.05) is 52.9 Å². The average molecular weight is 1930 g/mol. The molecule has 4 aliphatic heterocycles. The van der Waals surface area contributed by atoms with Crippen molar-refractivity contribution in [2.45, 2.75) is 203 Å². The van der Waals surface area contributed by atoms with E-state index in [9.17, 15) is 0 Å². The molecule has 4 aliphatic rings. The van der Waals surface area contributed by atoms with Gasteiger partial charge in [-0.3, -0.25) is 0 Å². The Bertz CT molecular complexity index is 5320. The Labute approximate surface area is 803 Å². The molecule has 0 saturated carbocycles. The Balaban J connectivity index is 0.000000211. The van der Waals surface area contributed by atoms with Gasteiger partial charge in [-0.05, 0) is 217 Å². The first-order chi connectivity index (χ1) is 64.8. The standard InChI is InChI=1S/C58H64O14P2S.C50H56O6P2S/c1-7-57(3,4)39-25-27-49(71-73(67-45-21-13-9-17-41(45)53-59-29-30-60-53)68-46-22-14-10-18-42(46)54-61-31-32-62-54)51(37-39)75-52-38-40(58(5,6)8-2)26-28-50(52)72-74(69-47-23-15-11-19-43(47)55-63-33-34-64-55)70-48-24-16-12-20-44(48)56-65-35-36-66-56;1-11-49(7,8)39-29-31-45(55-57(51-41-25-17-13-21-35(41)3)52-42-26-18-14-22-36(42)4)47(33-39)59-48-34-40(50(9,10)12-2)30-32-46(48)56-58(53-43-27-19-15-23-37(43)5)54-44-28-20-16-24-38(44)6/h9-28,37-38,53-56H,7-8,29-36H2,1-6H3;13-34H,11-12H2,1-10H3. The molecule has 4 heterocycles. The molecule has 0 amide bonds. The summed E-state index contributed by atoms with van der Waals surface area (Å²) in [6.45, 7) is 38.7. The minimum Gasteiger partial charge on any atom is -0.408 e. The molecule has 134 heavy (non-hydrogen) atoms. The molecule has 4 saturated heterocycles. The molecule has 0 N–H and O–H groups in total. The lowest BCUT2D eigenvalue weighted by Gasteiger charge is -2.27. The van der Waals surface area contributed by atoms with Gasteiger partial charge >= 0.3 is 34.4 Å². The van der Waals surface area contributed by atoms with Crippen molar-refractivity contribution in [3.63, 3.8) is 0 Å². The van der Waals surface area contributed by atoms with Crippen LogP contribution in [-0.4, -0.2) is 52.9 Å². The fourth-order valence-electron chi connectivity index (χ4n) is 14.4. The Kier molecular flexibility index (Phi) is 33.9. The summed E-state index contributed by atoms with van der Waals surface area (Å²) in [5, 5.41) is 0. The molecule has 12 aromatic rings. The normalized spacial score (nSPS) is 14.7. The van der Waals surface area contributed by atoms with E-state index in [2.05, 4.69) is 132 Å². The van der Waals surface area contributed by atoms with Gasteiger partial charge in [0.2, 0.25) is 0 Å². The summed E-state index contributed by atoms with van der Waals surface area (Å²) in [5.74, 6) is 7.12. The van der Waals surface area contributed by atoms with Gasteiger partial charge in [-0.15, -0.1) is 0 Å². The molecule has 0 radical (unpaired) electrons. The third-order valence-corrected chi connectivity index (χ3v) is 30.8. The fraction of sp³-hybridized carbons (Fsp3) is 0.333. The summed E-state index contributed by atoms with van der Waals surface area (Å²) >= 11 is 3.11. The highest BCUT2D eigenvalue weighted by Crippen LogP contribution is 2.57. The molecule has 0 atom stereocenters. The first-order valence-corrected chi connectivity index (χ1v) is 51.6. The minimum absolute atomic E-state index is 0.0870. The first kappa shape index (κ1) is 98.8. The summed E-state index contributed by atoms with van der Waals surface area (Å²) in [7, 11) is -8.39. The SMILES string of the molecule is CCC(C)(C)c1ccc(OP(Oc2ccccc2C)Oc2ccccc2C)c(Sc2cc(C(C)(C)CC)ccc2OP(Oc2ccccc2C)Oc2ccccc2C)c1.CCC(C)(C)c1ccc(OP(Oc2ccccc2C2OCCO2)Oc2ccccc2C2OCCO2)c(Sc2cc(C(C)(C)CC)ccc2OP(Oc2ccccc2C2OCCO2)Oc2ccccc2C2OCCO2)c1. The third-order valence-electron chi connectivity index (χ3n) is 24.5. The second-order valence-corrected chi connectivity index (χ2v) is 41.4. The number of benzene rings is 12. The molecule has 26 heteroatoms. The molecule has 20 nitrogen and oxygen atoms in total. The molecule has 0 unspecified atom stereocenters. The van der Waals surface area contributed by atoms with Crippen molar-refractivity contribution in [2.24, 2.45) is 0 Å². The number of hydrogen-bond acceptors (Lipinski definition) is 22. The molecule has 0 aromatic heterocycles. The zero-order valence-electron chi connectivity index (χ0n) is 79.0. The van der Waals surface area contributed by atoms with Crippen LogP contribution in [-0.2, 0) is 59.6 Å². The number of aryl methyl sites for hydroxylation is 4. The van der Waals surface area contributed by atoms with Gasteiger partial charge < -0.3 is 92.2 Å². The Hall–Kier alpha value is -9.66. The van der Waals surface area contributed by atoms with Gasteiger partial charge in [-0.25, -0.2) is 0 Å². The highest BCUT2D eigenvalue weighted by Gasteiger charge is 2.37. The quantitative estimate of drug-likeness (QED) is 0.0330. The minimum atomic E-state index is -2.25. The van der Waals surface area contributed by atoms with Crippen LogP contribution in [0.3, 0.4) is 0 Å². The lowest BCUT2D eigenvalue weighted by Crippen LogP contribution is -2.16. The van der Waals surface area contributed by atoms with Gasteiger partial charge in [0.1, 0.15) is 69.0 Å². The zero-order valence-corrected chi connectivity index (χ0v) is 84.2. The van der Waals surface area contributed by atoms with Gasteiger partial charge in [0, 0.05) is 0 Å². The predicted molar refractivity (Wildman–Crippen MR) is 532 cm³/mol. The van der Waals surface area contributed by atoms with E-state index in [0.29, 0.717) is 122 Å². The first-order valence-electron chi connectivity index (χ1n) is 45.6. The highest BCUT2D eigenvalue weighted by atomic mass is 32.2. The second-order valence-electron chi connectivity index (χ2n) is 35.3. The van der Waals surface area contributed by atoms with Crippen molar-refractivity contribution in [3.8, 4) is 69.0 Å². The van der Waals surface area contributed by atoms with E-state index in [4.69, 9.17) is 92.2 Å². The van der Waals surface area contributed by atoms with Crippen LogP contribution in [0.25, 0.3) is 0 Å². The van der Waals surface area contributed by atoms with Gasteiger partial charge in [0.05, 0.1) is 94.7 Å². The van der Waals surface area contributed by atoms with Crippen molar-refractivity contribution >= 4 is 57.9 Å². The number of rotatable bonds is 40. The van der Waals surface area contributed by atoms with E-state index < -0.39 is 59.6 Å². The molecule has 0 spiro atoms. The molecule has 0 bridgehead atoms. The van der Waals surface area contributed by atoms with E-state index in [0.717, 1.165) is 101 Å². The van der Waals surface area contributed by atoms with Crippen molar-refractivity contribution in [1.29, 1.82) is 0 Å². The van der Waals surface area contributed by atoms with E-state index in [1.54, 1.807) is 11.8 Å². The fourth-order valence-corrected chi connectivity index (χ4v) is 21.2. The van der Waals surface area contributed by atoms with Crippen LogP contribution in [0.1, 0.15) is 201 Å². The predicted octanol–water partition coefficient (Wildman–Crippen LogP) is 30.9. The lowest BCUT2D eigenvalue weighted by molar-refractivity contribution is -0.0456. The maximum atomic E-state index is 7.09. The third kappa shape index (κ3) is 25.4. The molecular weight excluding hydrogens is 1810 g/mol. The summed E-state index contributed by atoms with van der Waals surface area (Å²) < 4.78 is 129. The molecule has 16 rings (SSSR count). The summed E-state index contributed by atoms with van der Waals surface area (Å²) in [5.41, 5.74) is 10.9. The lowest BCUT2D eigenvalue weighted by atomic mass is 9.82. The Morgan fingerprint density at radius 3 is 0.575 bits per heavy atom. The highest BCUT2D eigenvalue weighted by molar-refractivity contribution is 7.99. The van der Waals surface area contributed by atoms with E-state index in [1.165, 1.54) is 22.9 Å². The summed E-state index contributed by atoms with van der Waals surface area (Å²) in [6, 6.07) is 87.6. The van der Waals surface area contributed by atoms with Crippen LogP contribution in [0.4, 0.5) is 0 Å². The molecule has 0 aliphatic carbocycles. The largest absolute Gasteiger partial charge is 0.530 e. The van der Waals surface area contributed by atoms with Crippen LogP contribution in [0.5, 0.6) is 69.0 Å². The van der Waals surface area contributed by atoms with Gasteiger partial charge in [0.25, 0.3) is 0 Å². The smallest absolute Gasteiger partial charge is 0.408 e. The van der Waals surface area contributed by atoms with Crippen LogP contribution in [0.15, 0.2) is 287 Å². The maximum absolute atomic E-state index is 7.09. The van der Waals surface area contributed by atoms with Crippen LogP contribution >= 0.6 is 57.9 Å². The zero-order chi connectivity index (χ0) is 93.9. The van der Waals surface area contributed by atoms with E-state index in [1.807, 2.05) is 246 Å².